The van der Waals surface area contributed by atoms with Crippen LogP contribution in [0, 0.1) is 0 Å². The van der Waals surface area contributed by atoms with Gasteiger partial charge in [-0.05, 0) is 17.7 Å². The van der Waals surface area contributed by atoms with Crippen LogP contribution in [0.1, 0.15) is 22.0 Å². The average molecular weight is 305 g/mol. The summed E-state index contributed by atoms with van der Waals surface area (Å²) in [6, 6.07) is 12.3. The molecule has 0 aliphatic carbocycles. The number of carboxylic acids is 1. The lowest BCUT2D eigenvalue weighted by molar-refractivity contribution is -0.138. The van der Waals surface area contributed by atoms with Crippen LogP contribution in [0.3, 0.4) is 0 Å². The number of primary amides is 1. The normalized spacial score (nSPS) is 11.7. The van der Waals surface area contributed by atoms with E-state index in [2.05, 4.69) is 5.32 Å². The Hall–Kier alpha value is -2.53. The van der Waals surface area contributed by atoms with Gasteiger partial charge in [0.1, 0.15) is 0 Å². The zero-order chi connectivity index (χ0) is 15.4. The van der Waals surface area contributed by atoms with Crippen LogP contribution in [0.15, 0.2) is 48.5 Å². The molecule has 5 nitrogen and oxygen atoms in total. The quantitative estimate of drug-likeness (QED) is 0.792. The smallest absolute Gasteiger partial charge is 0.330 e. The number of rotatable bonds is 5. The number of aliphatic carboxylic acids is 1. The van der Waals surface area contributed by atoms with E-state index < -0.39 is 17.9 Å². The summed E-state index contributed by atoms with van der Waals surface area (Å²) in [6.45, 7) is 0. The first-order valence-electron chi connectivity index (χ1n) is 6.13. The molecule has 2 aromatic carbocycles. The van der Waals surface area contributed by atoms with Crippen molar-refractivity contribution in [3.8, 4) is 0 Å². The van der Waals surface area contributed by atoms with E-state index in [9.17, 15) is 14.7 Å². The Morgan fingerprint density at radius 1 is 1.10 bits per heavy atom. The molecule has 0 saturated carbocycles. The SMILES string of the molecule is NC(=O)c1c(Cl)cccc1NC(C(=O)O)c1ccccc1. The second-order valence-electron chi connectivity index (χ2n) is 4.35. The fraction of sp³-hybridized carbons (Fsp3) is 0.0667. The molecule has 108 valence electrons. The number of halogens is 1. The maximum absolute atomic E-state index is 11.5. The minimum atomic E-state index is -1.07. The van der Waals surface area contributed by atoms with Gasteiger partial charge in [0, 0.05) is 5.69 Å². The van der Waals surface area contributed by atoms with Gasteiger partial charge in [0.25, 0.3) is 5.91 Å². The van der Waals surface area contributed by atoms with Crippen molar-refractivity contribution in [2.24, 2.45) is 5.73 Å². The predicted molar refractivity (Wildman–Crippen MR) is 80.4 cm³/mol. The number of nitrogens with one attached hydrogen (secondary N) is 1. The topological polar surface area (TPSA) is 92.4 Å². The molecule has 21 heavy (non-hydrogen) atoms. The first kappa shape index (κ1) is 14.9. The molecule has 0 aliphatic rings. The van der Waals surface area contributed by atoms with Crippen LogP contribution in [0.5, 0.6) is 0 Å². The summed E-state index contributed by atoms with van der Waals surface area (Å²) < 4.78 is 0. The fourth-order valence-corrected chi connectivity index (χ4v) is 2.25. The highest BCUT2D eigenvalue weighted by Crippen LogP contribution is 2.27. The van der Waals surface area contributed by atoms with Crippen molar-refractivity contribution in [3.05, 3.63) is 64.7 Å². The molecule has 1 unspecified atom stereocenters. The minimum absolute atomic E-state index is 0.0707. The number of carboxylic acid groups (broad SMARTS) is 1. The lowest BCUT2D eigenvalue weighted by Crippen LogP contribution is -2.23. The Morgan fingerprint density at radius 2 is 1.76 bits per heavy atom. The van der Waals surface area contributed by atoms with E-state index in [1.807, 2.05) is 0 Å². The Labute approximate surface area is 126 Å². The summed E-state index contributed by atoms with van der Waals surface area (Å²) in [7, 11) is 0. The maximum Gasteiger partial charge on any atom is 0.330 e. The molecular weight excluding hydrogens is 292 g/mol. The van der Waals surface area contributed by atoms with Crippen molar-refractivity contribution >= 4 is 29.2 Å². The van der Waals surface area contributed by atoms with Gasteiger partial charge in [-0.1, -0.05) is 48.0 Å². The van der Waals surface area contributed by atoms with Crippen LogP contribution >= 0.6 is 11.6 Å². The maximum atomic E-state index is 11.5. The van der Waals surface area contributed by atoms with Gasteiger partial charge in [0.05, 0.1) is 10.6 Å². The fourth-order valence-electron chi connectivity index (χ4n) is 1.98. The summed E-state index contributed by atoms with van der Waals surface area (Å²) in [5.74, 6) is -1.79. The minimum Gasteiger partial charge on any atom is -0.479 e. The molecule has 0 aromatic heterocycles. The first-order chi connectivity index (χ1) is 10.0. The van der Waals surface area contributed by atoms with E-state index in [-0.39, 0.29) is 16.3 Å². The molecule has 0 spiro atoms. The molecule has 0 aliphatic heterocycles. The summed E-state index contributed by atoms with van der Waals surface area (Å²) in [4.78, 5) is 22.9. The second kappa shape index (κ2) is 6.28. The zero-order valence-electron chi connectivity index (χ0n) is 10.9. The van der Waals surface area contributed by atoms with E-state index in [4.69, 9.17) is 17.3 Å². The van der Waals surface area contributed by atoms with E-state index in [1.54, 1.807) is 42.5 Å². The molecule has 0 radical (unpaired) electrons. The molecule has 2 rings (SSSR count). The second-order valence-corrected chi connectivity index (χ2v) is 4.76. The molecule has 0 fully saturated rings. The predicted octanol–water partition coefficient (Wildman–Crippen LogP) is 2.68. The molecule has 0 saturated heterocycles. The Bertz CT molecular complexity index is 674. The van der Waals surface area contributed by atoms with Crippen LogP contribution < -0.4 is 11.1 Å². The summed E-state index contributed by atoms with van der Waals surface area (Å²) >= 11 is 5.95. The Kier molecular flexibility index (Phi) is 4.45. The molecule has 2 aromatic rings. The monoisotopic (exact) mass is 304 g/mol. The van der Waals surface area contributed by atoms with Gasteiger partial charge in [0.15, 0.2) is 6.04 Å². The average Bonchev–Trinajstić information content (AvgIpc) is 2.45. The summed E-state index contributed by atoms with van der Waals surface area (Å²) in [5, 5.41) is 12.3. The summed E-state index contributed by atoms with van der Waals surface area (Å²) in [6.07, 6.45) is 0. The van der Waals surface area contributed by atoms with Gasteiger partial charge in [-0.25, -0.2) is 4.79 Å². The van der Waals surface area contributed by atoms with Crippen molar-refractivity contribution in [1.82, 2.24) is 0 Å². The van der Waals surface area contributed by atoms with Gasteiger partial charge in [0.2, 0.25) is 0 Å². The third kappa shape index (κ3) is 3.32. The van der Waals surface area contributed by atoms with E-state index in [1.165, 1.54) is 6.07 Å². The Morgan fingerprint density at radius 3 is 2.33 bits per heavy atom. The van der Waals surface area contributed by atoms with E-state index in [0.717, 1.165) is 0 Å². The van der Waals surface area contributed by atoms with Crippen LogP contribution in [-0.4, -0.2) is 17.0 Å². The van der Waals surface area contributed by atoms with Gasteiger partial charge < -0.3 is 16.2 Å². The van der Waals surface area contributed by atoms with Gasteiger partial charge >= 0.3 is 5.97 Å². The van der Waals surface area contributed by atoms with Crippen molar-refractivity contribution < 1.29 is 14.7 Å². The molecule has 0 bridgehead atoms. The summed E-state index contributed by atoms with van der Waals surface area (Å²) in [5.41, 5.74) is 6.21. The van der Waals surface area contributed by atoms with Crippen molar-refractivity contribution in [1.29, 1.82) is 0 Å². The lowest BCUT2D eigenvalue weighted by Gasteiger charge is -2.18. The molecular formula is C15H13ClN2O3. The highest BCUT2D eigenvalue weighted by atomic mass is 35.5. The van der Waals surface area contributed by atoms with Crippen molar-refractivity contribution in [3.63, 3.8) is 0 Å². The molecule has 6 heteroatoms. The standard InChI is InChI=1S/C15H13ClN2O3/c16-10-7-4-8-11(12(10)14(17)19)18-13(15(20)21)9-5-2-1-3-6-9/h1-8,13,18H,(H2,17,19)(H,20,21). The highest BCUT2D eigenvalue weighted by Gasteiger charge is 2.22. The van der Waals surface area contributed by atoms with Crippen LogP contribution in [0.25, 0.3) is 0 Å². The number of anilines is 1. The van der Waals surface area contributed by atoms with E-state index in [0.29, 0.717) is 5.56 Å². The number of hydrogen-bond donors (Lipinski definition) is 3. The van der Waals surface area contributed by atoms with Crippen molar-refractivity contribution in [2.75, 3.05) is 5.32 Å². The van der Waals surface area contributed by atoms with Crippen molar-refractivity contribution in [2.45, 2.75) is 6.04 Å². The molecule has 1 atom stereocenters. The van der Waals surface area contributed by atoms with Gasteiger partial charge in [-0.3, -0.25) is 4.79 Å². The lowest BCUT2D eigenvalue weighted by atomic mass is 10.1. The highest BCUT2D eigenvalue weighted by molar-refractivity contribution is 6.34. The molecule has 0 heterocycles. The zero-order valence-corrected chi connectivity index (χ0v) is 11.7. The third-order valence-electron chi connectivity index (χ3n) is 2.94. The first-order valence-corrected chi connectivity index (χ1v) is 6.51. The van der Waals surface area contributed by atoms with E-state index >= 15 is 0 Å². The largest absolute Gasteiger partial charge is 0.479 e. The number of nitrogens with two attached hydrogens (primary N) is 1. The number of carbonyl (C=O) groups is 2. The van der Waals surface area contributed by atoms with Crippen LogP contribution in [-0.2, 0) is 4.79 Å². The third-order valence-corrected chi connectivity index (χ3v) is 3.25. The Balaban J connectivity index is 2.41. The van der Waals surface area contributed by atoms with Crippen LogP contribution in [0.4, 0.5) is 5.69 Å². The number of amides is 1. The van der Waals surface area contributed by atoms with Crippen LogP contribution in [0.2, 0.25) is 5.02 Å². The number of benzene rings is 2. The van der Waals surface area contributed by atoms with Gasteiger partial charge in [-0.2, -0.15) is 0 Å². The molecule has 1 amide bonds. The molecule has 4 N–H and O–H groups in total. The van der Waals surface area contributed by atoms with Gasteiger partial charge in [-0.15, -0.1) is 0 Å². The number of hydrogen-bond acceptors (Lipinski definition) is 3. The number of carbonyl (C=O) groups excluding carboxylic acids is 1.